The summed E-state index contributed by atoms with van der Waals surface area (Å²) in [5.41, 5.74) is -0.197. The van der Waals surface area contributed by atoms with Gasteiger partial charge in [-0.2, -0.15) is 0 Å². The summed E-state index contributed by atoms with van der Waals surface area (Å²) in [6.45, 7) is -0.480. The normalized spacial score (nSPS) is 15.4. The van der Waals surface area contributed by atoms with E-state index in [1.165, 1.54) is 0 Å². The summed E-state index contributed by atoms with van der Waals surface area (Å²) < 4.78 is 1.64. The minimum absolute atomic E-state index is 0.183. The molecule has 0 radical (unpaired) electrons. The fourth-order valence-electron chi connectivity index (χ4n) is 1.51. The number of aliphatic hydroxyl groups excluding tert-OH is 2. The highest BCUT2D eigenvalue weighted by Gasteiger charge is 2.25. The summed E-state index contributed by atoms with van der Waals surface area (Å²) in [6.07, 6.45) is 5.26. The van der Waals surface area contributed by atoms with Crippen LogP contribution in [0.5, 0.6) is 0 Å². The molecule has 0 atom stereocenters. The molecule has 1 fully saturated rings. The molecule has 1 aliphatic rings. The fraction of sp³-hybridized carbons (Fsp3) is 0.600. The molecule has 1 aromatic heterocycles. The Morgan fingerprint density at radius 1 is 1.50 bits per heavy atom. The first kappa shape index (κ1) is 11.1. The summed E-state index contributed by atoms with van der Waals surface area (Å²) in [6, 6.07) is -0.256. The molecule has 1 heterocycles. The maximum Gasteiger partial charge on any atom is 0.293 e. The van der Waals surface area contributed by atoms with Gasteiger partial charge in [0.05, 0.1) is 19.3 Å². The average molecular weight is 225 g/mol. The number of hydrogen-bond acceptors (Lipinski definition) is 5. The Balaban J connectivity index is 2.20. The highest BCUT2D eigenvalue weighted by atomic mass is 16.3. The second-order valence-electron chi connectivity index (χ2n) is 3.93. The number of nitrogens with one attached hydrogen (secondary N) is 1. The molecular formula is C10H15N3O3. The summed E-state index contributed by atoms with van der Waals surface area (Å²) >= 11 is 0. The lowest BCUT2D eigenvalue weighted by molar-refractivity contribution is 0.203. The molecule has 1 saturated carbocycles. The summed E-state index contributed by atoms with van der Waals surface area (Å²) in [4.78, 5) is 15.8. The van der Waals surface area contributed by atoms with E-state index in [1.807, 2.05) is 0 Å². The summed E-state index contributed by atoms with van der Waals surface area (Å²) in [7, 11) is 0. The first-order valence-corrected chi connectivity index (χ1v) is 5.31. The molecule has 88 valence electrons. The molecular weight excluding hydrogens is 210 g/mol. The molecule has 16 heavy (non-hydrogen) atoms. The molecule has 1 aromatic rings. The van der Waals surface area contributed by atoms with Gasteiger partial charge in [0.2, 0.25) is 0 Å². The first-order chi connectivity index (χ1) is 7.76. The summed E-state index contributed by atoms with van der Waals surface area (Å²) in [5, 5.41) is 20.5. The Kier molecular flexibility index (Phi) is 3.21. The van der Waals surface area contributed by atoms with E-state index in [-0.39, 0.29) is 30.6 Å². The number of hydrogen-bond donors (Lipinski definition) is 3. The predicted molar refractivity (Wildman–Crippen MR) is 58.4 cm³/mol. The van der Waals surface area contributed by atoms with Crippen molar-refractivity contribution in [3.05, 3.63) is 22.7 Å². The standard InChI is InChI=1S/C10H15N3O3/c14-5-7(6-15)12-9-10(16)13(4-3-11-9)8-1-2-8/h3-4,7-8,14-15H,1-2,5-6H2,(H,11,12). The van der Waals surface area contributed by atoms with Crippen LogP contribution in [-0.4, -0.2) is 39.0 Å². The molecule has 0 aliphatic heterocycles. The number of aromatic nitrogens is 2. The van der Waals surface area contributed by atoms with Crippen molar-refractivity contribution in [1.29, 1.82) is 0 Å². The SMILES string of the molecule is O=c1c(NC(CO)CO)nccn1C1CC1. The summed E-state index contributed by atoms with van der Waals surface area (Å²) in [5.74, 6) is 0.183. The van der Waals surface area contributed by atoms with Gasteiger partial charge in [0, 0.05) is 18.4 Å². The van der Waals surface area contributed by atoms with Gasteiger partial charge in [0.1, 0.15) is 0 Å². The van der Waals surface area contributed by atoms with Crippen molar-refractivity contribution in [2.45, 2.75) is 24.9 Å². The van der Waals surface area contributed by atoms with Gasteiger partial charge in [0.15, 0.2) is 5.82 Å². The van der Waals surface area contributed by atoms with Gasteiger partial charge in [-0.25, -0.2) is 4.98 Å². The van der Waals surface area contributed by atoms with Gasteiger partial charge in [-0.1, -0.05) is 0 Å². The van der Waals surface area contributed by atoms with Crippen LogP contribution in [-0.2, 0) is 0 Å². The lowest BCUT2D eigenvalue weighted by atomic mass is 10.3. The lowest BCUT2D eigenvalue weighted by Gasteiger charge is -2.14. The van der Waals surface area contributed by atoms with Crippen LogP contribution in [0.3, 0.4) is 0 Å². The number of rotatable bonds is 5. The number of nitrogens with zero attached hydrogens (tertiary/aromatic N) is 2. The van der Waals surface area contributed by atoms with E-state index < -0.39 is 6.04 Å². The van der Waals surface area contributed by atoms with Gasteiger partial charge in [-0.15, -0.1) is 0 Å². The maximum atomic E-state index is 11.9. The lowest BCUT2D eigenvalue weighted by Crippen LogP contribution is -2.33. The minimum atomic E-state index is -0.546. The molecule has 3 N–H and O–H groups in total. The van der Waals surface area contributed by atoms with Gasteiger partial charge in [0.25, 0.3) is 5.56 Å². The molecule has 6 nitrogen and oxygen atoms in total. The Morgan fingerprint density at radius 2 is 2.19 bits per heavy atom. The van der Waals surface area contributed by atoms with Crippen molar-refractivity contribution in [2.75, 3.05) is 18.5 Å². The van der Waals surface area contributed by atoms with Gasteiger partial charge >= 0.3 is 0 Å². The van der Waals surface area contributed by atoms with Gasteiger partial charge < -0.3 is 20.1 Å². The third-order valence-corrected chi connectivity index (χ3v) is 2.59. The van der Waals surface area contributed by atoms with Gasteiger partial charge in [-0.3, -0.25) is 4.79 Å². The Morgan fingerprint density at radius 3 is 2.75 bits per heavy atom. The molecule has 0 spiro atoms. The van der Waals surface area contributed by atoms with Crippen LogP contribution < -0.4 is 10.9 Å². The Bertz CT molecular complexity index is 410. The molecule has 0 bridgehead atoms. The van der Waals surface area contributed by atoms with Crippen molar-refractivity contribution < 1.29 is 10.2 Å². The monoisotopic (exact) mass is 225 g/mol. The van der Waals surface area contributed by atoms with E-state index in [4.69, 9.17) is 10.2 Å². The van der Waals surface area contributed by atoms with Crippen LogP contribution in [0.1, 0.15) is 18.9 Å². The number of aliphatic hydroxyl groups is 2. The predicted octanol–water partition coefficient (Wildman–Crippen LogP) is -0.657. The van der Waals surface area contributed by atoms with E-state index in [0.29, 0.717) is 0 Å². The molecule has 1 aliphatic carbocycles. The van der Waals surface area contributed by atoms with Crippen LogP contribution >= 0.6 is 0 Å². The van der Waals surface area contributed by atoms with Crippen molar-refractivity contribution in [1.82, 2.24) is 9.55 Å². The zero-order valence-electron chi connectivity index (χ0n) is 8.83. The second-order valence-corrected chi connectivity index (χ2v) is 3.93. The highest BCUT2D eigenvalue weighted by molar-refractivity contribution is 5.32. The molecule has 0 unspecified atom stereocenters. The van der Waals surface area contributed by atoms with Crippen LogP contribution in [0.25, 0.3) is 0 Å². The van der Waals surface area contributed by atoms with Crippen LogP contribution in [0.4, 0.5) is 5.82 Å². The molecule has 2 rings (SSSR count). The maximum absolute atomic E-state index is 11.9. The number of anilines is 1. The van der Waals surface area contributed by atoms with Crippen LogP contribution in [0, 0.1) is 0 Å². The first-order valence-electron chi connectivity index (χ1n) is 5.31. The highest BCUT2D eigenvalue weighted by Crippen LogP contribution is 2.33. The Labute approximate surface area is 92.6 Å². The van der Waals surface area contributed by atoms with Crippen molar-refractivity contribution >= 4 is 5.82 Å². The smallest absolute Gasteiger partial charge is 0.293 e. The molecule has 0 saturated heterocycles. The second kappa shape index (κ2) is 4.63. The molecule has 0 aromatic carbocycles. The van der Waals surface area contributed by atoms with E-state index in [1.54, 1.807) is 17.0 Å². The zero-order chi connectivity index (χ0) is 11.5. The van der Waals surface area contributed by atoms with Crippen molar-refractivity contribution in [2.24, 2.45) is 0 Å². The fourth-order valence-corrected chi connectivity index (χ4v) is 1.51. The third-order valence-electron chi connectivity index (χ3n) is 2.59. The largest absolute Gasteiger partial charge is 0.394 e. The van der Waals surface area contributed by atoms with Crippen molar-refractivity contribution in [3.63, 3.8) is 0 Å². The molecule has 0 amide bonds. The van der Waals surface area contributed by atoms with Crippen LogP contribution in [0.2, 0.25) is 0 Å². The van der Waals surface area contributed by atoms with Crippen molar-refractivity contribution in [3.8, 4) is 0 Å². The quantitative estimate of drug-likeness (QED) is 0.619. The average Bonchev–Trinajstić information content (AvgIpc) is 3.12. The van der Waals surface area contributed by atoms with Crippen LogP contribution in [0.15, 0.2) is 17.2 Å². The Hall–Kier alpha value is -1.40. The van der Waals surface area contributed by atoms with Gasteiger partial charge in [-0.05, 0) is 12.8 Å². The minimum Gasteiger partial charge on any atom is -0.394 e. The third kappa shape index (κ3) is 2.23. The van der Waals surface area contributed by atoms with E-state index in [0.717, 1.165) is 12.8 Å². The van der Waals surface area contributed by atoms with E-state index in [2.05, 4.69) is 10.3 Å². The van der Waals surface area contributed by atoms with E-state index in [9.17, 15) is 4.79 Å². The molecule has 6 heteroatoms. The zero-order valence-corrected chi connectivity index (χ0v) is 8.83. The topological polar surface area (TPSA) is 87.4 Å². The van der Waals surface area contributed by atoms with E-state index >= 15 is 0 Å².